The molecule has 1 amide bonds. The predicted molar refractivity (Wildman–Crippen MR) is 107 cm³/mol. The van der Waals surface area contributed by atoms with E-state index < -0.39 is 11.2 Å². The number of aromatic amines is 2. The summed E-state index contributed by atoms with van der Waals surface area (Å²) in [7, 11) is 0. The Balaban J connectivity index is 0.00000131. The Morgan fingerprint density at radius 3 is 2.37 bits per heavy atom. The molecule has 0 bridgehead atoms. The Morgan fingerprint density at radius 1 is 1.11 bits per heavy atom. The Bertz CT molecular complexity index is 944. The maximum Gasteiger partial charge on any atom is 0.327 e. The van der Waals surface area contributed by atoms with Gasteiger partial charge >= 0.3 is 5.69 Å². The fourth-order valence-electron chi connectivity index (χ4n) is 4.05. The van der Waals surface area contributed by atoms with Gasteiger partial charge in [0.1, 0.15) is 11.3 Å². The molecule has 2 aliphatic heterocycles. The van der Waals surface area contributed by atoms with Gasteiger partial charge in [-0.2, -0.15) is 0 Å². The summed E-state index contributed by atoms with van der Waals surface area (Å²) in [6.07, 6.45) is 1.99. The van der Waals surface area contributed by atoms with Crippen molar-refractivity contribution in [1.82, 2.24) is 25.2 Å². The van der Waals surface area contributed by atoms with Gasteiger partial charge in [0.15, 0.2) is 0 Å². The van der Waals surface area contributed by atoms with Crippen LogP contribution in [0.5, 0.6) is 0 Å². The summed E-state index contributed by atoms with van der Waals surface area (Å²) in [5, 5.41) is 3.74. The van der Waals surface area contributed by atoms with Gasteiger partial charge in [-0.1, -0.05) is 0 Å². The second kappa shape index (κ2) is 8.41. The highest BCUT2D eigenvalue weighted by Gasteiger charge is 2.32. The summed E-state index contributed by atoms with van der Waals surface area (Å²) in [6, 6.07) is 1.63. The van der Waals surface area contributed by atoms with Crippen molar-refractivity contribution in [2.24, 2.45) is 11.8 Å². The predicted octanol–water partition coefficient (Wildman–Crippen LogP) is 0.835. The Morgan fingerprint density at radius 2 is 1.74 bits per heavy atom. The number of carbonyl (C=O) groups excluding carboxylic acids is 1. The first-order valence-electron chi connectivity index (χ1n) is 8.67. The van der Waals surface area contributed by atoms with Crippen molar-refractivity contribution in [1.29, 1.82) is 0 Å². The van der Waals surface area contributed by atoms with E-state index in [4.69, 9.17) is 0 Å². The van der Waals surface area contributed by atoms with Crippen molar-refractivity contribution in [3.63, 3.8) is 0 Å². The average Bonchev–Trinajstić information content (AvgIpc) is 2.91. The number of halogens is 2. The lowest BCUT2D eigenvalue weighted by Crippen LogP contribution is -2.33. The quantitative estimate of drug-likeness (QED) is 0.638. The molecular formula is C17H23Cl2N5O3. The highest BCUT2D eigenvalue weighted by molar-refractivity contribution is 5.95. The molecule has 0 radical (unpaired) electrons. The number of nitrogens with one attached hydrogen (secondary N) is 3. The molecule has 4 rings (SSSR count). The maximum absolute atomic E-state index is 12.9. The van der Waals surface area contributed by atoms with E-state index in [1.54, 1.807) is 13.0 Å². The fourth-order valence-corrected chi connectivity index (χ4v) is 4.05. The number of hydrogen-bond donors (Lipinski definition) is 3. The third kappa shape index (κ3) is 4.02. The molecule has 2 aromatic rings. The molecule has 2 fully saturated rings. The van der Waals surface area contributed by atoms with Crippen molar-refractivity contribution in [2.75, 3.05) is 26.2 Å². The van der Waals surface area contributed by atoms with Crippen LogP contribution in [-0.2, 0) is 0 Å². The van der Waals surface area contributed by atoms with Gasteiger partial charge in [0.25, 0.3) is 11.5 Å². The van der Waals surface area contributed by atoms with Crippen LogP contribution in [0.1, 0.15) is 28.9 Å². The van der Waals surface area contributed by atoms with Crippen molar-refractivity contribution in [3.05, 3.63) is 38.2 Å². The first-order valence-corrected chi connectivity index (χ1v) is 8.67. The van der Waals surface area contributed by atoms with Gasteiger partial charge < -0.3 is 10.2 Å². The minimum Gasteiger partial charge on any atom is -0.337 e. The van der Waals surface area contributed by atoms with Gasteiger partial charge in [-0.05, 0) is 56.3 Å². The number of fused-ring (bicyclic) bond motifs is 2. The maximum atomic E-state index is 12.9. The molecule has 4 heterocycles. The van der Waals surface area contributed by atoms with Crippen LogP contribution in [0.4, 0.5) is 0 Å². The van der Waals surface area contributed by atoms with E-state index in [0.29, 0.717) is 35.9 Å². The number of amides is 1. The third-order valence-corrected chi connectivity index (χ3v) is 5.43. The normalized spacial score (nSPS) is 21.7. The SMILES string of the molecule is Cc1cc(C(=O)N2CC[C@@H]3CNC[C@@H]3CC2)nc2[nH]c(=O)[nH]c(=O)c12.Cl.Cl. The molecule has 0 aromatic carbocycles. The summed E-state index contributed by atoms with van der Waals surface area (Å²) < 4.78 is 0. The molecule has 0 unspecified atom stereocenters. The summed E-state index contributed by atoms with van der Waals surface area (Å²) in [5.74, 6) is 1.14. The number of hydrogen-bond acceptors (Lipinski definition) is 5. The van der Waals surface area contributed by atoms with Crippen LogP contribution in [-0.4, -0.2) is 51.9 Å². The summed E-state index contributed by atoms with van der Waals surface area (Å²) in [5.41, 5.74) is -0.0480. The van der Waals surface area contributed by atoms with E-state index in [-0.39, 0.29) is 42.1 Å². The zero-order valence-corrected chi connectivity index (χ0v) is 16.5. The zero-order valence-electron chi connectivity index (χ0n) is 14.9. The molecule has 0 spiro atoms. The molecular weight excluding hydrogens is 393 g/mol. The lowest BCUT2D eigenvalue weighted by atomic mass is 9.92. The lowest BCUT2D eigenvalue weighted by Gasteiger charge is -2.20. The number of rotatable bonds is 1. The van der Waals surface area contributed by atoms with Gasteiger partial charge in [-0.15, -0.1) is 24.8 Å². The molecule has 2 aliphatic rings. The van der Waals surface area contributed by atoms with Crippen LogP contribution in [0.3, 0.4) is 0 Å². The highest BCUT2D eigenvalue weighted by atomic mass is 35.5. The minimum absolute atomic E-state index is 0. The van der Waals surface area contributed by atoms with Crippen LogP contribution in [0.25, 0.3) is 11.0 Å². The van der Waals surface area contributed by atoms with E-state index in [1.165, 1.54) is 0 Å². The van der Waals surface area contributed by atoms with Crippen molar-refractivity contribution in [3.8, 4) is 0 Å². The molecule has 2 atom stereocenters. The number of pyridine rings is 1. The molecule has 3 N–H and O–H groups in total. The van der Waals surface area contributed by atoms with E-state index in [9.17, 15) is 14.4 Å². The molecule has 8 nitrogen and oxygen atoms in total. The van der Waals surface area contributed by atoms with Crippen LogP contribution in [0.2, 0.25) is 0 Å². The van der Waals surface area contributed by atoms with Crippen molar-refractivity contribution >= 4 is 41.8 Å². The summed E-state index contributed by atoms with van der Waals surface area (Å²) in [4.78, 5) is 47.2. The first-order chi connectivity index (χ1) is 12.0. The van der Waals surface area contributed by atoms with Crippen LogP contribution >= 0.6 is 24.8 Å². The van der Waals surface area contributed by atoms with Crippen LogP contribution < -0.4 is 16.6 Å². The van der Waals surface area contributed by atoms with Gasteiger partial charge in [-0.3, -0.25) is 19.6 Å². The van der Waals surface area contributed by atoms with Gasteiger partial charge in [0, 0.05) is 13.1 Å². The second-order valence-electron chi connectivity index (χ2n) is 7.00. The topological polar surface area (TPSA) is 111 Å². The zero-order chi connectivity index (χ0) is 17.6. The smallest absolute Gasteiger partial charge is 0.327 e. The molecule has 2 aromatic heterocycles. The molecule has 10 heteroatoms. The lowest BCUT2D eigenvalue weighted by molar-refractivity contribution is 0.0753. The Labute approximate surface area is 168 Å². The van der Waals surface area contributed by atoms with Gasteiger partial charge in [0.05, 0.1) is 5.39 Å². The van der Waals surface area contributed by atoms with E-state index in [1.807, 2.05) is 4.90 Å². The van der Waals surface area contributed by atoms with E-state index >= 15 is 0 Å². The monoisotopic (exact) mass is 415 g/mol. The number of aryl methyl sites for hydroxylation is 1. The number of likely N-dealkylation sites (tertiary alicyclic amines) is 1. The molecule has 2 saturated heterocycles. The van der Waals surface area contributed by atoms with Gasteiger partial charge in [-0.25, -0.2) is 9.78 Å². The first kappa shape index (κ1) is 21.4. The van der Waals surface area contributed by atoms with E-state index in [2.05, 4.69) is 20.3 Å². The summed E-state index contributed by atoms with van der Waals surface area (Å²) >= 11 is 0. The fraction of sp³-hybridized carbons (Fsp3) is 0.529. The standard InChI is InChI=1S/C17H21N5O3.2ClH/c1-9-6-12(19-14-13(9)15(23)21-17(25)20-14)16(24)22-4-2-10-7-18-8-11(10)3-5-22;;/h6,10-11,18H,2-5,7-8H2,1H3,(H2,19,20,21,23,25);2*1H/t10-,11+;;. The largest absolute Gasteiger partial charge is 0.337 e. The molecule has 0 saturated carbocycles. The molecule has 148 valence electrons. The van der Waals surface area contributed by atoms with Crippen molar-refractivity contribution < 1.29 is 4.79 Å². The molecule has 27 heavy (non-hydrogen) atoms. The third-order valence-electron chi connectivity index (χ3n) is 5.43. The summed E-state index contributed by atoms with van der Waals surface area (Å²) in [6.45, 7) is 5.24. The number of carbonyl (C=O) groups is 1. The van der Waals surface area contributed by atoms with Crippen LogP contribution in [0.15, 0.2) is 15.7 Å². The van der Waals surface area contributed by atoms with Crippen LogP contribution in [0, 0.1) is 18.8 Å². The molecule has 0 aliphatic carbocycles. The highest BCUT2D eigenvalue weighted by Crippen LogP contribution is 2.27. The van der Waals surface area contributed by atoms with E-state index in [0.717, 1.165) is 25.9 Å². The number of aromatic nitrogens is 3. The van der Waals surface area contributed by atoms with Gasteiger partial charge in [0.2, 0.25) is 0 Å². The Kier molecular flexibility index (Phi) is 6.67. The number of H-pyrrole nitrogens is 2. The number of nitrogens with zero attached hydrogens (tertiary/aromatic N) is 2. The van der Waals surface area contributed by atoms with Crippen molar-refractivity contribution in [2.45, 2.75) is 19.8 Å². The Hall–Kier alpha value is -1.90. The minimum atomic E-state index is -0.621. The average molecular weight is 416 g/mol. The second-order valence-corrected chi connectivity index (χ2v) is 7.00.